The second-order valence-corrected chi connectivity index (χ2v) is 8.28. The van der Waals surface area contributed by atoms with Gasteiger partial charge in [0.15, 0.2) is 0 Å². The molecule has 7 heteroatoms. The van der Waals surface area contributed by atoms with Crippen LogP contribution in [-0.4, -0.2) is 31.7 Å². The summed E-state index contributed by atoms with van der Waals surface area (Å²) in [4.78, 5) is 23.7. The first kappa shape index (κ1) is 21.5. The SMILES string of the molecule is CC#CC(=O)N1CCC[C@H]1c1nc(-c2ccc(Oc3ccccc3)c(C)c2)c2c(N)nccn12. The van der Waals surface area contributed by atoms with E-state index in [0.29, 0.717) is 12.4 Å². The summed E-state index contributed by atoms with van der Waals surface area (Å²) in [7, 11) is 0. The van der Waals surface area contributed by atoms with Crippen LogP contribution in [0.15, 0.2) is 60.9 Å². The number of fused-ring (bicyclic) bond motifs is 1. The van der Waals surface area contributed by atoms with E-state index < -0.39 is 0 Å². The normalized spacial score (nSPS) is 15.2. The van der Waals surface area contributed by atoms with Crippen LogP contribution in [0.5, 0.6) is 11.5 Å². The Bertz CT molecular complexity index is 1430. The smallest absolute Gasteiger partial charge is 0.299 e. The molecule has 0 unspecified atom stereocenters. The van der Waals surface area contributed by atoms with E-state index >= 15 is 0 Å². The van der Waals surface area contributed by atoms with E-state index in [1.165, 1.54) is 0 Å². The summed E-state index contributed by atoms with van der Waals surface area (Å²) in [5.74, 6) is 7.92. The zero-order valence-corrected chi connectivity index (χ0v) is 19.2. The van der Waals surface area contributed by atoms with Gasteiger partial charge >= 0.3 is 0 Å². The molecule has 34 heavy (non-hydrogen) atoms. The number of ether oxygens (including phenoxy) is 1. The fourth-order valence-electron chi connectivity index (χ4n) is 4.51. The number of aromatic nitrogens is 3. The Morgan fingerprint density at radius 2 is 2.03 bits per heavy atom. The first-order valence-electron chi connectivity index (χ1n) is 11.3. The zero-order chi connectivity index (χ0) is 23.7. The predicted octanol–water partition coefficient (Wildman–Crippen LogP) is 4.77. The number of carbonyl (C=O) groups excluding carboxylic acids is 1. The van der Waals surface area contributed by atoms with Gasteiger partial charge in [-0.2, -0.15) is 0 Å². The van der Waals surface area contributed by atoms with Crippen molar-refractivity contribution in [3.05, 3.63) is 72.3 Å². The minimum absolute atomic E-state index is 0.168. The van der Waals surface area contributed by atoms with Crippen LogP contribution in [0.25, 0.3) is 16.8 Å². The molecule has 2 N–H and O–H groups in total. The third-order valence-corrected chi connectivity index (χ3v) is 6.07. The maximum Gasteiger partial charge on any atom is 0.299 e. The monoisotopic (exact) mass is 451 g/mol. The average Bonchev–Trinajstić information content (AvgIpc) is 3.47. The lowest BCUT2D eigenvalue weighted by Gasteiger charge is -2.21. The number of carbonyl (C=O) groups is 1. The fraction of sp³-hybridized carbons (Fsp3) is 0.222. The van der Waals surface area contributed by atoms with Crippen molar-refractivity contribution >= 4 is 17.2 Å². The number of likely N-dealkylation sites (tertiary alicyclic amines) is 1. The number of rotatable bonds is 4. The van der Waals surface area contributed by atoms with Crippen molar-refractivity contribution in [1.29, 1.82) is 0 Å². The van der Waals surface area contributed by atoms with Crippen LogP contribution in [0.3, 0.4) is 0 Å². The number of aryl methyl sites for hydroxylation is 1. The largest absolute Gasteiger partial charge is 0.457 e. The Morgan fingerprint density at radius 1 is 1.21 bits per heavy atom. The van der Waals surface area contributed by atoms with Gasteiger partial charge in [0.1, 0.15) is 34.4 Å². The summed E-state index contributed by atoms with van der Waals surface area (Å²) in [5.41, 5.74) is 9.66. The van der Waals surface area contributed by atoms with Gasteiger partial charge in [0.25, 0.3) is 5.91 Å². The Hall–Kier alpha value is -4.31. The lowest BCUT2D eigenvalue weighted by Crippen LogP contribution is -2.30. The molecule has 1 aliphatic rings. The van der Waals surface area contributed by atoms with Gasteiger partial charge in [0, 0.05) is 24.5 Å². The molecule has 3 heterocycles. The van der Waals surface area contributed by atoms with Crippen LogP contribution >= 0.6 is 0 Å². The summed E-state index contributed by atoms with van der Waals surface area (Å²) >= 11 is 0. The van der Waals surface area contributed by atoms with Gasteiger partial charge in [0.2, 0.25) is 0 Å². The van der Waals surface area contributed by atoms with Gasteiger partial charge in [-0.3, -0.25) is 9.20 Å². The van der Waals surface area contributed by atoms with Gasteiger partial charge in [-0.25, -0.2) is 9.97 Å². The molecule has 1 aliphatic heterocycles. The summed E-state index contributed by atoms with van der Waals surface area (Å²) in [6.45, 7) is 4.34. The Morgan fingerprint density at radius 3 is 2.79 bits per heavy atom. The molecule has 0 bridgehead atoms. The average molecular weight is 452 g/mol. The van der Waals surface area contributed by atoms with E-state index in [0.717, 1.165) is 52.5 Å². The van der Waals surface area contributed by atoms with Crippen molar-refractivity contribution in [2.24, 2.45) is 0 Å². The molecule has 1 saturated heterocycles. The molecule has 2 aromatic carbocycles. The molecule has 1 fully saturated rings. The number of nitrogen functional groups attached to an aromatic ring is 1. The van der Waals surface area contributed by atoms with Crippen molar-refractivity contribution in [3.8, 4) is 34.6 Å². The third-order valence-electron chi connectivity index (χ3n) is 6.07. The van der Waals surface area contributed by atoms with Crippen molar-refractivity contribution in [2.75, 3.05) is 12.3 Å². The first-order valence-corrected chi connectivity index (χ1v) is 11.3. The molecular formula is C27H25N5O2. The summed E-state index contributed by atoms with van der Waals surface area (Å²) in [5, 5.41) is 0. The van der Waals surface area contributed by atoms with E-state index in [4.69, 9.17) is 15.5 Å². The number of para-hydroxylation sites is 1. The Kier molecular flexibility index (Phi) is 5.64. The molecule has 4 aromatic rings. The number of amides is 1. The number of imidazole rings is 1. The Balaban J connectivity index is 1.58. The van der Waals surface area contributed by atoms with Crippen molar-refractivity contribution < 1.29 is 9.53 Å². The summed E-state index contributed by atoms with van der Waals surface area (Å²) < 4.78 is 8.00. The van der Waals surface area contributed by atoms with Gasteiger partial charge in [0.05, 0.1) is 6.04 Å². The number of hydrogen-bond donors (Lipinski definition) is 1. The van der Waals surface area contributed by atoms with Gasteiger partial charge in [-0.1, -0.05) is 24.1 Å². The first-order chi connectivity index (χ1) is 16.6. The van der Waals surface area contributed by atoms with Crippen LogP contribution in [0, 0.1) is 18.8 Å². The third kappa shape index (κ3) is 3.84. The summed E-state index contributed by atoms with van der Waals surface area (Å²) in [6.07, 6.45) is 5.23. The summed E-state index contributed by atoms with van der Waals surface area (Å²) in [6, 6.07) is 15.5. The van der Waals surface area contributed by atoms with Crippen molar-refractivity contribution in [2.45, 2.75) is 32.7 Å². The highest BCUT2D eigenvalue weighted by Crippen LogP contribution is 2.37. The molecule has 0 aliphatic carbocycles. The minimum atomic E-state index is -0.177. The highest BCUT2D eigenvalue weighted by Gasteiger charge is 2.33. The van der Waals surface area contributed by atoms with E-state index in [1.54, 1.807) is 18.0 Å². The molecule has 170 valence electrons. The second-order valence-electron chi connectivity index (χ2n) is 8.28. The van der Waals surface area contributed by atoms with Gasteiger partial charge in [-0.05, 0) is 68.5 Å². The van der Waals surface area contributed by atoms with Crippen LogP contribution in [-0.2, 0) is 4.79 Å². The lowest BCUT2D eigenvalue weighted by molar-refractivity contribution is -0.126. The fourth-order valence-corrected chi connectivity index (χ4v) is 4.51. The number of hydrogen-bond acceptors (Lipinski definition) is 5. The van der Waals surface area contributed by atoms with Crippen LogP contribution in [0.4, 0.5) is 5.82 Å². The molecule has 7 nitrogen and oxygen atoms in total. The number of benzene rings is 2. The lowest BCUT2D eigenvalue weighted by atomic mass is 10.1. The zero-order valence-electron chi connectivity index (χ0n) is 19.2. The van der Waals surface area contributed by atoms with Crippen LogP contribution in [0.1, 0.15) is 37.2 Å². The standard InChI is InChI=1S/C27H25N5O2/c1-3-8-23(33)31-15-7-11-21(31)27-30-24(25-26(28)29-14-16-32(25)27)19-12-13-22(18(2)17-19)34-20-9-5-4-6-10-20/h4-6,9-10,12-14,16-17,21H,7,11,15H2,1-2H3,(H2,28,29)/t21-/m0/s1. The highest BCUT2D eigenvalue weighted by atomic mass is 16.5. The maximum atomic E-state index is 12.6. The predicted molar refractivity (Wildman–Crippen MR) is 131 cm³/mol. The molecule has 1 atom stereocenters. The van der Waals surface area contributed by atoms with Crippen molar-refractivity contribution in [1.82, 2.24) is 19.3 Å². The molecule has 1 amide bonds. The highest BCUT2D eigenvalue weighted by molar-refractivity contribution is 5.94. The number of nitrogens with two attached hydrogens (primary N) is 1. The molecular weight excluding hydrogens is 426 g/mol. The number of anilines is 1. The van der Waals surface area contributed by atoms with E-state index in [2.05, 4.69) is 16.8 Å². The van der Waals surface area contributed by atoms with Crippen LogP contribution < -0.4 is 10.5 Å². The van der Waals surface area contributed by atoms with E-state index in [1.807, 2.05) is 66.1 Å². The Labute approximate surface area is 198 Å². The second kappa shape index (κ2) is 8.91. The molecule has 0 saturated carbocycles. The molecule has 0 radical (unpaired) electrons. The quantitative estimate of drug-likeness (QED) is 0.452. The minimum Gasteiger partial charge on any atom is -0.457 e. The molecule has 0 spiro atoms. The van der Waals surface area contributed by atoms with Crippen LogP contribution in [0.2, 0.25) is 0 Å². The topological polar surface area (TPSA) is 85.8 Å². The molecule has 2 aromatic heterocycles. The molecule has 5 rings (SSSR count). The van der Waals surface area contributed by atoms with E-state index in [-0.39, 0.29) is 11.9 Å². The van der Waals surface area contributed by atoms with Gasteiger partial charge < -0.3 is 15.4 Å². The number of nitrogens with zero attached hydrogens (tertiary/aromatic N) is 4. The van der Waals surface area contributed by atoms with Crippen molar-refractivity contribution in [3.63, 3.8) is 0 Å². The van der Waals surface area contributed by atoms with Gasteiger partial charge in [-0.15, -0.1) is 0 Å². The van der Waals surface area contributed by atoms with E-state index in [9.17, 15) is 4.79 Å². The maximum absolute atomic E-state index is 12.6.